The lowest BCUT2D eigenvalue weighted by Gasteiger charge is -2.07. The third kappa shape index (κ3) is 1.67. The van der Waals surface area contributed by atoms with Crippen molar-refractivity contribution >= 4 is 21.6 Å². The molecule has 15 heavy (non-hydrogen) atoms. The second-order valence-electron chi connectivity index (χ2n) is 4.11. The zero-order chi connectivity index (χ0) is 10.3. The Morgan fingerprint density at radius 1 is 1.27 bits per heavy atom. The number of aromatic nitrogens is 3. The van der Waals surface area contributed by atoms with Gasteiger partial charge in [-0.25, -0.2) is 9.50 Å². The molecule has 2 aromatic heterocycles. The fraction of sp³-hybridized carbons (Fsp3) is 0.455. The highest BCUT2D eigenvalue weighted by atomic mass is 79.9. The molecule has 3 rings (SSSR count). The van der Waals surface area contributed by atoms with Gasteiger partial charge in [-0.3, -0.25) is 0 Å². The van der Waals surface area contributed by atoms with Crippen molar-refractivity contribution in [2.45, 2.75) is 31.6 Å². The van der Waals surface area contributed by atoms with E-state index in [1.54, 1.807) is 0 Å². The van der Waals surface area contributed by atoms with E-state index in [9.17, 15) is 0 Å². The second-order valence-corrected chi connectivity index (χ2v) is 4.92. The van der Waals surface area contributed by atoms with Gasteiger partial charge in [0.05, 0.1) is 11.9 Å². The lowest BCUT2D eigenvalue weighted by molar-refractivity contribution is 0.671. The molecule has 4 heteroatoms. The third-order valence-electron chi connectivity index (χ3n) is 3.08. The largest absolute Gasteiger partial charge is 0.220 e. The van der Waals surface area contributed by atoms with Crippen molar-refractivity contribution in [2.24, 2.45) is 0 Å². The number of halogens is 1. The van der Waals surface area contributed by atoms with E-state index in [-0.39, 0.29) is 0 Å². The van der Waals surface area contributed by atoms with Crippen LogP contribution in [0.1, 0.15) is 37.3 Å². The minimum absolute atomic E-state index is 0.663. The van der Waals surface area contributed by atoms with Gasteiger partial charge in [-0.15, -0.1) is 0 Å². The number of hydrogen-bond acceptors (Lipinski definition) is 2. The van der Waals surface area contributed by atoms with Gasteiger partial charge < -0.3 is 0 Å². The predicted octanol–water partition coefficient (Wildman–Crippen LogP) is 3.15. The van der Waals surface area contributed by atoms with Crippen LogP contribution in [0, 0.1) is 0 Å². The first-order valence-corrected chi connectivity index (χ1v) is 6.14. The van der Waals surface area contributed by atoms with E-state index < -0.39 is 0 Å². The second kappa shape index (κ2) is 3.59. The molecular weight excluding hydrogens is 254 g/mol. The zero-order valence-electron chi connectivity index (χ0n) is 8.36. The van der Waals surface area contributed by atoms with Crippen LogP contribution in [-0.4, -0.2) is 14.6 Å². The van der Waals surface area contributed by atoms with Gasteiger partial charge in [-0.1, -0.05) is 12.8 Å². The molecule has 2 heterocycles. The van der Waals surface area contributed by atoms with Crippen molar-refractivity contribution in [1.82, 2.24) is 14.6 Å². The molecule has 1 saturated carbocycles. The number of imidazole rings is 1. The van der Waals surface area contributed by atoms with Gasteiger partial charge in [0.1, 0.15) is 4.60 Å². The van der Waals surface area contributed by atoms with E-state index in [1.165, 1.54) is 31.4 Å². The molecule has 1 fully saturated rings. The Bertz CT molecular complexity index is 486. The molecule has 0 saturated heterocycles. The van der Waals surface area contributed by atoms with Crippen LogP contribution < -0.4 is 0 Å². The maximum Gasteiger partial charge on any atom is 0.154 e. The Kier molecular flexibility index (Phi) is 2.24. The zero-order valence-corrected chi connectivity index (χ0v) is 9.94. The molecule has 0 aromatic carbocycles. The first-order valence-electron chi connectivity index (χ1n) is 5.35. The molecule has 78 valence electrons. The van der Waals surface area contributed by atoms with E-state index in [0.717, 1.165) is 10.3 Å². The Morgan fingerprint density at radius 2 is 2.07 bits per heavy atom. The third-order valence-corrected chi connectivity index (χ3v) is 3.47. The Labute approximate surface area is 96.6 Å². The summed E-state index contributed by atoms with van der Waals surface area (Å²) in [6, 6.07) is 4.16. The molecule has 0 amide bonds. The molecule has 1 aliphatic rings. The first kappa shape index (κ1) is 9.33. The number of hydrogen-bond donors (Lipinski definition) is 0. The Morgan fingerprint density at radius 3 is 2.87 bits per heavy atom. The summed E-state index contributed by atoms with van der Waals surface area (Å²) in [4.78, 5) is 4.30. The minimum atomic E-state index is 0.663. The normalized spacial score (nSPS) is 17.7. The summed E-state index contributed by atoms with van der Waals surface area (Å²) in [6.45, 7) is 0. The smallest absolute Gasteiger partial charge is 0.154 e. The van der Waals surface area contributed by atoms with E-state index >= 15 is 0 Å². The van der Waals surface area contributed by atoms with Crippen LogP contribution in [0.15, 0.2) is 22.9 Å². The molecule has 2 aromatic rings. The van der Waals surface area contributed by atoms with Crippen LogP contribution in [0.4, 0.5) is 0 Å². The summed E-state index contributed by atoms with van der Waals surface area (Å²) >= 11 is 3.36. The monoisotopic (exact) mass is 265 g/mol. The van der Waals surface area contributed by atoms with E-state index in [2.05, 4.69) is 32.1 Å². The van der Waals surface area contributed by atoms with Gasteiger partial charge in [0.2, 0.25) is 0 Å². The first-order chi connectivity index (χ1) is 7.33. The van der Waals surface area contributed by atoms with Crippen molar-refractivity contribution in [3.8, 4) is 0 Å². The summed E-state index contributed by atoms with van der Waals surface area (Å²) in [7, 11) is 0. The lowest BCUT2D eigenvalue weighted by atomic mass is 10.0. The van der Waals surface area contributed by atoms with E-state index in [0.29, 0.717) is 5.92 Å². The summed E-state index contributed by atoms with van der Waals surface area (Å²) in [5, 5.41) is 4.60. The maximum atomic E-state index is 4.60. The predicted molar refractivity (Wildman–Crippen MR) is 61.9 cm³/mol. The molecule has 0 atom stereocenters. The van der Waals surface area contributed by atoms with E-state index in [1.807, 2.05) is 16.8 Å². The average molecular weight is 266 g/mol. The van der Waals surface area contributed by atoms with Gasteiger partial charge in [-0.2, -0.15) is 5.10 Å². The van der Waals surface area contributed by atoms with Crippen LogP contribution >= 0.6 is 15.9 Å². The van der Waals surface area contributed by atoms with Crippen LogP contribution in [0.5, 0.6) is 0 Å². The molecular formula is C11H12BrN3. The van der Waals surface area contributed by atoms with Crippen LogP contribution in [0.3, 0.4) is 0 Å². The van der Waals surface area contributed by atoms with Crippen molar-refractivity contribution in [2.75, 3.05) is 0 Å². The van der Waals surface area contributed by atoms with Gasteiger partial charge in [-0.05, 0) is 40.9 Å². The number of fused-ring (bicyclic) bond motifs is 1. The Balaban J connectivity index is 2.04. The molecule has 0 radical (unpaired) electrons. The SMILES string of the molecule is Brc1cn2nc(C3CCCC3)ccc2n1. The summed E-state index contributed by atoms with van der Waals surface area (Å²) in [5.41, 5.74) is 2.12. The van der Waals surface area contributed by atoms with Gasteiger partial charge >= 0.3 is 0 Å². The highest BCUT2D eigenvalue weighted by Gasteiger charge is 2.18. The molecule has 0 bridgehead atoms. The average Bonchev–Trinajstić information content (AvgIpc) is 2.82. The topological polar surface area (TPSA) is 30.2 Å². The molecule has 0 unspecified atom stereocenters. The highest BCUT2D eigenvalue weighted by Crippen LogP contribution is 2.32. The molecule has 0 N–H and O–H groups in total. The van der Waals surface area contributed by atoms with Gasteiger partial charge in [0.15, 0.2) is 5.65 Å². The van der Waals surface area contributed by atoms with Gasteiger partial charge in [0.25, 0.3) is 0 Å². The van der Waals surface area contributed by atoms with Crippen molar-refractivity contribution in [3.05, 3.63) is 28.6 Å². The molecule has 0 spiro atoms. The van der Waals surface area contributed by atoms with Crippen LogP contribution in [0.25, 0.3) is 5.65 Å². The van der Waals surface area contributed by atoms with Crippen molar-refractivity contribution < 1.29 is 0 Å². The quantitative estimate of drug-likeness (QED) is 0.793. The highest BCUT2D eigenvalue weighted by molar-refractivity contribution is 9.10. The van der Waals surface area contributed by atoms with E-state index in [4.69, 9.17) is 0 Å². The lowest BCUT2D eigenvalue weighted by Crippen LogP contribution is -2.00. The Hall–Kier alpha value is -0.900. The minimum Gasteiger partial charge on any atom is -0.220 e. The standard InChI is InChI=1S/C11H12BrN3/c12-10-7-15-11(13-10)6-5-9(14-15)8-3-1-2-4-8/h5-8H,1-4H2. The maximum absolute atomic E-state index is 4.60. The fourth-order valence-electron chi connectivity index (χ4n) is 2.31. The fourth-order valence-corrected chi connectivity index (χ4v) is 2.68. The summed E-state index contributed by atoms with van der Waals surface area (Å²) < 4.78 is 2.70. The summed E-state index contributed by atoms with van der Waals surface area (Å²) in [5.74, 6) is 0.663. The molecule has 0 aliphatic heterocycles. The van der Waals surface area contributed by atoms with Crippen molar-refractivity contribution in [1.29, 1.82) is 0 Å². The molecule has 1 aliphatic carbocycles. The summed E-state index contributed by atoms with van der Waals surface area (Å²) in [6.07, 6.45) is 7.17. The van der Waals surface area contributed by atoms with Crippen LogP contribution in [-0.2, 0) is 0 Å². The van der Waals surface area contributed by atoms with Gasteiger partial charge in [0, 0.05) is 5.92 Å². The molecule has 3 nitrogen and oxygen atoms in total. The van der Waals surface area contributed by atoms with Crippen LogP contribution in [0.2, 0.25) is 0 Å². The number of nitrogens with zero attached hydrogens (tertiary/aromatic N) is 3. The number of rotatable bonds is 1. The van der Waals surface area contributed by atoms with Crippen molar-refractivity contribution in [3.63, 3.8) is 0 Å².